The minimum absolute atomic E-state index is 0.0557. The second kappa shape index (κ2) is 13.4. The number of carbonyl (C=O) groups is 2. The lowest BCUT2D eigenvalue weighted by Crippen LogP contribution is -2.52. The van der Waals surface area contributed by atoms with Crippen molar-refractivity contribution in [2.75, 3.05) is 13.2 Å². The van der Waals surface area contributed by atoms with Crippen LogP contribution in [-0.4, -0.2) is 35.9 Å². The molecule has 0 aromatic heterocycles. The van der Waals surface area contributed by atoms with E-state index in [0.29, 0.717) is 24.3 Å². The number of amides is 2. The third kappa shape index (κ3) is 8.15. The van der Waals surface area contributed by atoms with Crippen molar-refractivity contribution < 1.29 is 18.7 Å². The minimum atomic E-state index is -0.842. The van der Waals surface area contributed by atoms with Gasteiger partial charge < -0.3 is 15.0 Å². The van der Waals surface area contributed by atoms with Gasteiger partial charge in [0.1, 0.15) is 17.6 Å². The number of hydrogen-bond acceptors (Lipinski definition) is 3. The first-order valence-corrected chi connectivity index (χ1v) is 13.2. The van der Waals surface area contributed by atoms with Gasteiger partial charge >= 0.3 is 0 Å². The molecule has 1 N–H and O–H groups in total. The van der Waals surface area contributed by atoms with E-state index in [4.69, 9.17) is 4.74 Å². The first kappa shape index (κ1) is 28.4. The van der Waals surface area contributed by atoms with E-state index in [2.05, 4.69) is 21.2 Å². The van der Waals surface area contributed by atoms with Crippen LogP contribution in [0.4, 0.5) is 4.39 Å². The van der Waals surface area contributed by atoms with Crippen molar-refractivity contribution in [1.29, 1.82) is 0 Å². The fourth-order valence-electron chi connectivity index (χ4n) is 4.00. The Morgan fingerprint density at radius 1 is 1.00 bits per heavy atom. The molecule has 1 atom stereocenters. The maximum absolute atomic E-state index is 14.7. The molecular formula is C30H34BrFN2O3. The zero-order valence-corrected chi connectivity index (χ0v) is 23.3. The number of nitrogens with one attached hydrogen (secondary N) is 1. The zero-order valence-electron chi connectivity index (χ0n) is 21.8. The molecule has 0 aliphatic rings. The summed E-state index contributed by atoms with van der Waals surface area (Å²) in [7, 11) is 0. The first-order valence-electron chi connectivity index (χ1n) is 12.4. The van der Waals surface area contributed by atoms with Crippen molar-refractivity contribution in [1.82, 2.24) is 10.2 Å². The SMILES string of the molecule is Cc1cc(OCC(=O)N(Cc2ccccc2F)C(Cc2ccccc2)C(=O)NCC(C)C)cc(C)c1Br. The highest BCUT2D eigenvalue weighted by Gasteiger charge is 2.31. The van der Waals surface area contributed by atoms with Crippen molar-refractivity contribution >= 4 is 27.7 Å². The van der Waals surface area contributed by atoms with Gasteiger partial charge in [-0.05, 0) is 54.7 Å². The minimum Gasteiger partial charge on any atom is -0.484 e. The molecule has 0 bridgehead atoms. The number of hydrogen-bond donors (Lipinski definition) is 1. The number of carbonyl (C=O) groups excluding carboxylic acids is 2. The summed E-state index contributed by atoms with van der Waals surface area (Å²) < 4.78 is 21.5. The molecule has 0 aliphatic carbocycles. The van der Waals surface area contributed by atoms with Crippen molar-refractivity contribution in [2.45, 2.75) is 46.7 Å². The van der Waals surface area contributed by atoms with Crippen LogP contribution < -0.4 is 10.1 Å². The highest BCUT2D eigenvalue weighted by Crippen LogP contribution is 2.26. The van der Waals surface area contributed by atoms with Gasteiger partial charge in [0.05, 0.1) is 0 Å². The Morgan fingerprint density at radius 2 is 1.62 bits per heavy atom. The summed E-state index contributed by atoms with van der Waals surface area (Å²) >= 11 is 3.54. The highest BCUT2D eigenvalue weighted by molar-refractivity contribution is 9.10. The van der Waals surface area contributed by atoms with Crippen molar-refractivity contribution in [3.63, 3.8) is 0 Å². The zero-order chi connectivity index (χ0) is 26.9. The molecule has 3 aromatic carbocycles. The number of nitrogens with zero attached hydrogens (tertiary/aromatic N) is 1. The van der Waals surface area contributed by atoms with E-state index in [1.165, 1.54) is 11.0 Å². The standard InChI is InChI=1S/C30H34BrFN2O3/c1-20(2)17-33-30(36)27(16-23-10-6-5-7-11-23)34(18-24-12-8-9-13-26(24)32)28(35)19-37-25-14-21(3)29(31)22(4)15-25/h5-15,20,27H,16-19H2,1-4H3,(H,33,36). The van der Waals surface area contributed by atoms with Crippen LogP contribution in [0.25, 0.3) is 0 Å². The predicted molar refractivity (Wildman–Crippen MR) is 148 cm³/mol. The lowest BCUT2D eigenvalue weighted by atomic mass is 10.0. The van der Waals surface area contributed by atoms with Crippen LogP contribution in [0.3, 0.4) is 0 Å². The molecule has 0 radical (unpaired) electrons. The molecule has 0 saturated heterocycles. The van der Waals surface area contributed by atoms with Gasteiger partial charge in [0.2, 0.25) is 5.91 Å². The normalized spacial score (nSPS) is 11.8. The smallest absolute Gasteiger partial charge is 0.261 e. The second-order valence-electron chi connectivity index (χ2n) is 9.62. The van der Waals surface area contributed by atoms with Crippen LogP contribution in [0, 0.1) is 25.6 Å². The molecule has 5 nitrogen and oxygen atoms in total. The van der Waals surface area contributed by atoms with Gasteiger partial charge in [-0.1, -0.05) is 78.3 Å². The number of aryl methyl sites for hydroxylation is 2. The van der Waals surface area contributed by atoms with E-state index in [1.54, 1.807) is 18.2 Å². The summed E-state index contributed by atoms with van der Waals surface area (Å²) in [4.78, 5) is 28.5. The summed E-state index contributed by atoms with van der Waals surface area (Å²) in [5.41, 5.74) is 3.21. The molecule has 0 fully saturated rings. The van der Waals surface area contributed by atoms with Gasteiger partial charge in [-0.15, -0.1) is 0 Å². The lowest BCUT2D eigenvalue weighted by molar-refractivity contribution is -0.142. The Labute approximate surface area is 227 Å². The highest BCUT2D eigenvalue weighted by atomic mass is 79.9. The average molecular weight is 570 g/mol. The van der Waals surface area contributed by atoms with E-state index < -0.39 is 17.8 Å². The van der Waals surface area contributed by atoms with Gasteiger partial charge in [-0.3, -0.25) is 9.59 Å². The Bertz CT molecular complexity index is 1190. The molecule has 0 saturated carbocycles. The number of ether oxygens (including phenoxy) is 1. The summed E-state index contributed by atoms with van der Waals surface area (Å²) in [6.07, 6.45) is 0.293. The molecule has 37 heavy (non-hydrogen) atoms. The Morgan fingerprint density at radius 3 is 2.24 bits per heavy atom. The van der Waals surface area contributed by atoms with Crippen LogP contribution in [0.1, 0.15) is 36.1 Å². The van der Waals surface area contributed by atoms with E-state index in [-0.39, 0.29) is 25.0 Å². The number of rotatable bonds is 11. The van der Waals surface area contributed by atoms with E-state index in [1.807, 2.05) is 70.2 Å². The maximum Gasteiger partial charge on any atom is 0.261 e. The third-order valence-corrected chi connectivity index (χ3v) is 7.28. The van der Waals surface area contributed by atoms with Crippen LogP contribution in [-0.2, 0) is 22.6 Å². The molecule has 1 unspecified atom stereocenters. The van der Waals surface area contributed by atoms with Crippen LogP contribution in [0.5, 0.6) is 5.75 Å². The fourth-order valence-corrected chi connectivity index (χ4v) is 4.23. The summed E-state index contributed by atoms with van der Waals surface area (Å²) in [6.45, 7) is 8.04. The Balaban J connectivity index is 1.92. The molecule has 3 aromatic rings. The van der Waals surface area contributed by atoms with Gasteiger partial charge in [-0.2, -0.15) is 0 Å². The molecular weight excluding hydrogens is 535 g/mol. The van der Waals surface area contributed by atoms with E-state index in [0.717, 1.165) is 21.2 Å². The first-order chi connectivity index (χ1) is 17.7. The fraction of sp³-hybridized carbons (Fsp3) is 0.333. The maximum atomic E-state index is 14.7. The number of halogens is 2. The third-order valence-electron chi connectivity index (χ3n) is 6.03. The van der Waals surface area contributed by atoms with Gasteiger partial charge in [0, 0.05) is 29.5 Å². The van der Waals surface area contributed by atoms with Crippen LogP contribution in [0.2, 0.25) is 0 Å². The lowest BCUT2D eigenvalue weighted by Gasteiger charge is -2.32. The summed E-state index contributed by atoms with van der Waals surface area (Å²) in [5, 5.41) is 2.96. The molecule has 0 aliphatic heterocycles. The Kier molecular flexibility index (Phi) is 10.3. The van der Waals surface area contributed by atoms with Crippen LogP contribution >= 0.6 is 15.9 Å². The predicted octanol–water partition coefficient (Wildman–Crippen LogP) is 6.00. The van der Waals surface area contributed by atoms with Gasteiger partial charge in [-0.25, -0.2) is 4.39 Å². The second-order valence-corrected chi connectivity index (χ2v) is 10.4. The molecule has 0 spiro atoms. The monoisotopic (exact) mass is 568 g/mol. The molecule has 3 rings (SSSR count). The van der Waals surface area contributed by atoms with Crippen molar-refractivity contribution in [2.24, 2.45) is 5.92 Å². The average Bonchev–Trinajstić information content (AvgIpc) is 2.88. The Hall–Kier alpha value is -3.19. The largest absolute Gasteiger partial charge is 0.484 e. The molecule has 0 heterocycles. The topological polar surface area (TPSA) is 58.6 Å². The quantitative estimate of drug-likeness (QED) is 0.309. The van der Waals surface area contributed by atoms with E-state index >= 15 is 0 Å². The number of benzene rings is 3. The van der Waals surface area contributed by atoms with Gasteiger partial charge in [0.25, 0.3) is 5.91 Å². The van der Waals surface area contributed by atoms with Gasteiger partial charge in [0.15, 0.2) is 6.61 Å². The van der Waals surface area contributed by atoms with E-state index in [9.17, 15) is 14.0 Å². The molecule has 7 heteroatoms. The molecule has 196 valence electrons. The summed E-state index contributed by atoms with van der Waals surface area (Å²) in [5.74, 6) is -0.313. The summed E-state index contributed by atoms with van der Waals surface area (Å²) in [6, 6.07) is 18.7. The molecule has 2 amide bonds. The van der Waals surface area contributed by atoms with Crippen LogP contribution in [0.15, 0.2) is 71.2 Å². The van der Waals surface area contributed by atoms with Crippen molar-refractivity contribution in [3.05, 3.63) is 99.3 Å². The van der Waals surface area contributed by atoms with Crippen molar-refractivity contribution in [3.8, 4) is 5.75 Å².